The van der Waals surface area contributed by atoms with Gasteiger partial charge in [-0.3, -0.25) is 4.79 Å². The molecule has 0 unspecified atom stereocenters. The summed E-state index contributed by atoms with van der Waals surface area (Å²) >= 11 is 0. The van der Waals surface area contributed by atoms with Gasteiger partial charge in [-0.1, -0.05) is 0 Å². The van der Waals surface area contributed by atoms with Gasteiger partial charge >= 0.3 is 5.97 Å². The van der Waals surface area contributed by atoms with Crippen molar-refractivity contribution in [3.05, 3.63) is 53.8 Å². The Morgan fingerprint density at radius 1 is 1.09 bits per heavy atom. The van der Waals surface area contributed by atoms with Crippen molar-refractivity contribution in [3.63, 3.8) is 0 Å². The molecule has 11 heteroatoms. The van der Waals surface area contributed by atoms with E-state index < -0.39 is 39.9 Å². The minimum Gasteiger partial charge on any atom is -0.452 e. The molecule has 1 amide bonds. The summed E-state index contributed by atoms with van der Waals surface area (Å²) in [6, 6.07) is 10.1. The molecule has 9 nitrogen and oxygen atoms in total. The standard InChI is InChI=1S/C23H28FN3O6S/c1-3-26(4-2)18-7-5-17(6-8-18)25-22(28)16-33-23(29)20-15-19(9-10-21(20)24)34(30,31)27-11-13-32-14-12-27/h5-10,15H,3-4,11-14,16H2,1-2H3,(H,25,28). The van der Waals surface area contributed by atoms with Crippen molar-refractivity contribution in [2.24, 2.45) is 0 Å². The maximum atomic E-state index is 14.2. The van der Waals surface area contributed by atoms with E-state index in [4.69, 9.17) is 9.47 Å². The minimum atomic E-state index is -3.92. The van der Waals surface area contributed by atoms with Gasteiger partial charge in [0.2, 0.25) is 10.0 Å². The van der Waals surface area contributed by atoms with E-state index in [0.29, 0.717) is 5.69 Å². The summed E-state index contributed by atoms with van der Waals surface area (Å²) in [6.45, 7) is 5.97. The highest BCUT2D eigenvalue weighted by Gasteiger charge is 2.28. The van der Waals surface area contributed by atoms with Crippen LogP contribution in [0.3, 0.4) is 0 Å². The number of amides is 1. The summed E-state index contributed by atoms with van der Waals surface area (Å²) in [4.78, 5) is 26.5. The van der Waals surface area contributed by atoms with Crippen molar-refractivity contribution >= 4 is 33.3 Å². The molecule has 1 N–H and O–H groups in total. The molecule has 0 atom stereocenters. The molecule has 0 aliphatic carbocycles. The van der Waals surface area contributed by atoms with Crippen LogP contribution in [0.2, 0.25) is 0 Å². The van der Waals surface area contributed by atoms with Crippen LogP contribution in [0.1, 0.15) is 24.2 Å². The van der Waals surface area contributed by atoms with E-state index in [1.807, 2.05) is 26.0 Å². The second kappa shape index (κ2) is 11.4. The van der Waals surface area contributed by atoms with Crippen molar-refractivity contribution in [1.29, 1.82) is 0 Å². The summed E-state index contributed by atoms with van der Waals surface area (Å²) in [5.74, 6) is -2.69. The number of halogens is 1. The fourth-order valence-electron chi connectivity index (χ4n) is 3.51. The average molecular weight is 494 g/mol. The van der Waals surface area contributed by atoms with Gasteiger partial charge in [-0.2, -0.15) is 4.31 Å². The van der Waals surface area contributed by atoms with Crippen LogP contribution in [0.25, 0.3) is 0 Å². The second-order valence-electron chi connectivity index (χ2n) is 7.50. The second-order valence-corrected chi connectivity index (χ2v) is 9.44. The Kier molecular flexibility index (Phi) is 8.59. The maximum Gasteiger partial charge on any atom is 0.341 e. The summed E-state index contributed by atoms with van der Waals surface area (Å²) in [5, 5.41) is 2.60. The zero-order valence-corrected chi connectivity index (χ0v) is 19.9. The molecule has 1 heterocycles. The lowest BCUT2D eigenvalue weighted by Gasteiger charge is -2.26. The van der Waals surface area contributed by atoms with Crippen molar-refractivity contribution in [3.8, 4) is 0 Å². The Labute approximate surface area is 198 Å². The predicted octanol–water partition coefficient (Wildman–Crippen LogP) is 2.49. The van der Waals surface area contributed by atoms with E-state index in [2.05, 4.69) is 10.2 Å². The van der Waals surface area contributed by atoms with Crippen LogP contribution < -0.4 is 10.2 Å². The third kappa shape index (κ3) is 6.10. The molecular weight excluding hydrogens is 465 g/mol. The molecule has 1 aliphatic heterocycles. The number of morpholine rings is 1. The summed E-state index contributed by atoms with van der Waals surface area (Å²) in [7, 11) is -3.92. The molecule has 3 rings (SSSR count). The minimum absolute atomic E-state index is 0.162. The molecule has 0 aromatic heterocycles. The van der Waals surface area contributed by atoms with Crippen LogP contribution in [0.4, 0.5) is 15.8 Å². The topological polar surface area (TPSA) is 105 Å². The van der Waals surface area contributed by atoms with E-state index >= 15 is 0 Å². The lowest BCUT2D eigenvalue weighted by atomic mass is 10.2. The number of carbonyl (C=O) groups is 2. The molecule has 0 saturated carbocycles. The molecule has 0 spiro atoms. The number of benzene rings is 2. The number of hydrogen-bond donors (Lipinski definition) is 1. The third-order valence-corrected chi connectivity index (χ3v) is 7.27. The summed E-state index contributed by atoms with van der Waals surface area (Å²) in [6.07, 6.45) is 0. The SMILES string of the molecule is CCN(CC)c1ccc(NC(=O)COC(=O)c2cc(S(=O)(=O)N3CCOCC3)ccc2F)cc1. The fourth-order valence-corrected chi connectivity index (χ4v) is 4.94. The lowest BCUT2D eigenvalue weighted by molar-refractivity contribution is -0.119. The van der Waals surface area contributed by atoms with E-state index in [1.165, 1.54) is 4.31 Å². The molecule has 0 radical (unpaired) electrons. The van der Waals surface area contributed by atoms with Gasteiger partial charge < -0.3 is 19.7 Å². The van der Waals surface area contributed by atoms with Crippen LogP contribution in [0.5, 0.6) is 0 Å². The van der Waals surface area contributed by atoms with E-state index in [0.717, 1.165) is 37.0 Å². The van der Waals surface area contributed by atoms with Gasteiger partial charge in [0.15, 0.2) is 6.61 Å². The monoisotopic (exact) mass is 493 g/mol. The average Bonchev–Trinajstić information content (AvgIpc) is 2.85. The molecule has 1 aliphatic rings. The molecule has 34 heavy (non-hydrogen) atoms. The Bertz CT molecular complexity index is 1110. The highest BCUT2D eigenvalue weighted by atomic mass is 32.2. The van der Waals surface area contributed by atoms with E-state index in [-0.39, 0.29) is 31.2 Å². The van der Waals surface area contributed by atoms with E-state index in [9.17, 15) is 22.4 Å². The van der Waals surface area contributed by atoms with E-state index in [1.54, 1.807) is 12.1 Å². The van der Waals surface area contributed by atoms with Crippen LogP contribution >= 0.6 is 0 Å². The van der Waals surface area contributed by atoms with Gasteiger partial charge in [0.05, 0.1) is 23.7 Å². The number of sulfonamides is 1. The lowest BCUT2D eigenvalue weighted by Crippen LogP contribution is -2.40. The number of esters is 1. The largest absolute Gasteiger partial charge is 0.452 e. The number of rotatable bonds is 9. The fraction of sp³-hybridized carbons (Fsp3) is 0.391. The first-order chi connectivity index (χ1) is 16.3. The molecular formula is C23H28FN3O6S. The number of nitrogens with one attached hydrogen (secondary N) is 1. The number of carbonyl (C=O) groups excluding carboxylic acids is 2. The Morgan fingerprint density at radius 3 is 2.35 bits per heavy atom. The van der Waals surface area contributed by atoms with Crippen LogP contribution in [-0.2, 0) is 24.3 Å². The van der Waals surface area contributed by atoms with Crippen LogP contribution in [-0.4, -0.2) is 70.6 Å². The van der Waals surface area contributed by atoms with Crippen molar-refractivity contribution in [1.82, 2.24) is 4.31 Å². The molecule has 1 saturated heterocycles. The Hall–Kier alpha value is -3.02. The van der Waals surface area contributed by atoms with Gasteiger partial charge in [0.25, 0.3) is 5.91 Å². The molecule has 184 valence electrons. The highest BCUT2D eigenvalue weighted by molar-refractivity contribution is 7.89. The number of hydrogen-bond acceptors (Lipinski definition) is 7. The zero-order chi connectivity index (χ0) is 24.7. The Balaban J connectivity index is 1.62. The van der Waals surface area contributed by atoms with Gasteiger partial charge in [-0.15, -0.1) is 0 Å². The molecule has 0 bridgehead atoms. The summed E-state index contributed by atoms with van der Waals surface area (Å²) < 4.78 is 51.1. The van der Waals surface area contributed by atoms with Crippen molar-refractivity contribution in [2.45, 2.75) is 18.7 Å². The first kappa shape index (κ1) is 25.6. The first-order valence-corrected chi connectivity index (χ1v) is 12.4. The predicted molar refractivity (Wildman–Crippen MR) is 125 cm³/mol. The van der Waals surface area contributed by atoms with Gasteiger partial charge in [-0.25, -0.2) is 17.6 Å². The van der Waals surface area contributed by atoms with Crippen LogP contribution in [0.15, 0.2) is 47.4 Å². The van der Waals surface area contributed by atoms with Crippen molar-refractivity contribution in [2.75, 3.05) is 56.2 Å². The Morgan fingerprint density at radius 2 is 1.74 bits per heavy atom. The number of ether oxygens (including phenoxy) is 2. The zero-order valence-electron chi connectivity index (χ0n) is 19.1. The van der Waals surface area contributed by atoms with Gasteiger partial charge in [0, 0.05) is 37.6 Å². The smallest absolute Gasteiger partial charge is 0.341 e. The number of anilines is 2. The van der Waals surface area contributed by atoms with Gasteiger partial charge in [0.1, 0.15) is 5.82 Å². The summed E-state index contributed by atoms with van der Waals surface area (Å²) in [5.41, 5.74) is 0.962. The maximum absolute atomic E-state index is 14.2. The highest BCUT2D eigenvalue weighted by Crippen LogP contribution is 2.21. The molecule has 2 aromatic carbocycles. The van der Waals surface area contributed by atoms with Gasteiger partial charge in [-0.05, 0) is 56.3 Å². The van der Waals surface area contributed by atoms with Crippen LogP contribution in [0, 0.1) is 5.82 Å². The molecule has 2 aromatic rings. The quantitative estimate of drug-likeness (QED) is 0.535. The number of nitrogens with zero attached hydrogens (tertiary/aromatic N) is 2. The third-order valence-electron chi connectivity index (χ3n) is 5.38. The normalized spacial score (nSPS) is 14.4. The molecule has 1 fully saturated rings. The first-order valence-electron chi connectivity index (χ1n) is 11.0. The van der Waals surface area contributed by atoms with Crippen molar-refractivity contribution < 1.29 is 31.9 Å².